The van der Waals surface area contributed by atoms with E-state index in [-0.39, 0.29) is 0 Å². The maximum atomic E-state index is 11.2. The second-order valence-corrected chi connectivity index (χ2v) is 6.83. The average molecular weight is 364 g/mol. The van der Waals surface area contributed by atoms with E-state index in [1.54, 1.807) is 18.3 Å². The van der Waals surface area contributed by atoms with Crippen molar-refractivity contribution < 1.29 is 9.53 Å². The van der Waals surface area contributed by atoms with Gasteiger partial charge in [-0.1, -0.05) is 38.1 Å². The van der Waals surface area contributed by atoms with Crippen molar-refractivity contribution in [3.63, 3.8) is 0 Å². The highest BCUT2D eigenvalue weighted by Gasteiger charge is 2.10. The lowest BCUT2D eigenvalue weighted by Crippen LogP contribution is -2.17. The third-order valence-electron chi connectivity index (χ3n) is 4.27. The highest BCUT2D eigenvalue weighted by atomic mass is 16.5. The Bertz CT molecular complexity index is 923. The Labute approximate surface area is 158 Å². The molecule has 2 heterocycles. The number of hydrogen-bond acceptors (Lipinski definition) is 5. The first-order valence-electron chi connectivity index (χ1n) is 9.05. The summed E-state index contributed by atoms with van der Waals surface area (Å²) in [4.78, 5) is 19.9. The van der Waals surface area contributed by atoms with Crippen molar-refractivity contribution in [3.8, 4) is 11.6 Å². The molecule has 140 valence electrons. The minimum Gasteiger partial charge on any atom is -0.437 e. The summed E-state index contributed by atoms with van der Waals surface area (Å²) in [6.07, 6.45) is 4.25. The molecule has 0 spiro atoms. The molecule has 27 heavy (non-hydrogen) atoms. The fraction of sp³-hybridized carbons (Fsp3) is 0.286. The molecule has 6 heteroatoms. The van der Waals surface area contributed by atoms with Crippen molar-refractivity contribution >= 4 is 16.7 Å². The summed E-state index contributed by atoms with van der Waals surface area (Å²) in [6.45, 7) is 6.10. The standard InChI is InChI=1S/C21H24N4O2/c1-14(2)9-10-23-12-18-16-5-3-4-6-17(16)19(13-24-18)27-20-8-7-15(11-25-20)21(22)26/h3-8,11,13-14,23H,9-10,12H2,1-2H3,(H2,22,26). The predicted octanol–water partition coefficient (Wildman–Crippen LogP) is 3.66. The monoisotopic (exact) mass is 364 g/mol. The number of aromatic nitrogens is 2. The number of amides is 1. The molecule has 0 fully saturated rings. The highest BCUT2D eigenvalue weighted by molar-refractivity contribution is 5.92. The average Bonchev–Trinajstić information content (AvgIpc) is 2.67. The van der Waals surface area contributed by atoms with Crippen LogP contribution in [0.4, 0.5) is 0 Å². The zero-order valence-electron chi connectivity index (χ0n) is 15.6. The molecule has 1 aromatic carbocycles. The van der Waals surface area contributed by atoms with Crippen LogP contribution in [0.15, 0.2) is 48.8 Å². The first-order valence-corrected chi connectivity index (χ1v) is 9.05. The fourth-order valence-electron chi connectivity index (χ4n) is 2.74. The Kier molecular flexibility index (Phi) is 5.98. The molecule has 0 aliphatic rings. The van der Waals surface area contributed by atoms with E-state index in [0.29, 0.717) is 29.7 Å². The number of carbonyl (C=O) groups excluding carboxylic acids is 1. The van der Waals surface area contributed by atoms with Gasteiger partial charge < -0.3 is 15.8 Å². The Hall–Kier alpha value is -2.99. The summed E-state index contributed by atoms with van der Waals surface area (Å²) in [6, 6.07) is 11.2. The second-order valence-electron chi connectivity index (χ2n) is 6.83. The molecule has 0 atom stereocenters. The maximum absolute atomic E-state index is 11.2. The van der Waals surface area contributed by atoms with Crippen LogP contribution in [0.25, 0.3) is 10.8 Å². The van der Waals surface area contributed by atoms with Gasteiger partial charge in [0.15, 0.2) is 5.75 Å². The summed E-state index contributed by atoms with van der Waals surface area (Å²) in [7, 11) is 0. The quantitative estimate of drug-likeness (QED) is 0.595. The van der Waals surface area contributed by atoms with E-state index in [1.165, 1.54) is 6.20 Å². The van der Waals surface area contributed by atoms with Crippen molar-refractivity contribution in [2.75, 3.05) is 6.54 Å². The lowest BCUT2D eigenvalue weighted by molar-refractivity contribution is 0.1000. The molecule has 0 bridgehead atoms. The van der Waals surface area contributed by atoms with Crippen LogP contribution in [0.5, 0.6) is 11.6 Å². The van der Waals surface area contributed by atoms with Gasteiger partial charge in [0.1, 0.15) is 0 Å². The number of benzene rings is 1. The van der Waals surface area contributed by atoms with Gasteiger partial charge in [0, 0.05) is 29.6 Å². The van der Waals surface area contributed by atoms with Crippen molar-refractivity contribution in [1.29, 1.82) is 0 Å². The van der Waals surface area contributed by atoms with Crippen LogP contribution in [0.1, 0.15) is 36.3 Å². The molecule has 6 nitrogen and oxygen atoms in total. The number of nitrogens with zero attached hydrogens (tertiary/aromatic N) is 2. The van der Waals surface area contributed by atoms with Gasteiger partial charge in [0.25, 0.3) is 0 Å². The van der Waals surface area contributed by atoms with E-state index in [2.05, 4.69) is 29.1 Å². The molecule has 0 saturated carbocycles. The molecule has 3 N–H and O–H groups in total. The number of fused-ring (bicyclic) bond motifs is 1. The first kappa shape index (κ1) is 18.8. The molecule has 2 aromatic heterocycles. The SMILES string of the molecule is CC(C)CCNCc1ncc(Oc2ccc(C(N)=O)cn2)c2ccccc12. The van der Waals surface area contributed by atoms with E-state index >= 15 is 0 Å². The van der Waals surface area contributed by atoms with Crippen LogP contribution >= 0.6 is 0 Å². The minimum absolute atomic E-state index is 0.341. The lowest BCUT2D eigenvalue weighted by atomic mass is 10.1. The molecule has 0 aliphatic heterocycles. The molecule has 3 aromatic rings. The van der Waals surface area contributed by atoms with Crippen LogP contribution in [-0.2, 0) is 6.54 Å². The van der Waals surface area contributed by atoms with Crippen molar-refractivity contribution in [2.24, 2.45) is 11.7 Å². The number of nitrogens with two attached hydrogens (primary N) is 1. The van der Waals surface area contributed by atoms with Crippen LogP contribution in [-0.4, -0.2) is 22.4 Å². The fourth-order valence-corrected chi connectivity index (χ4v) is 2.74. The Morgan fingerprint density at radius 3 is 2.56 bits per heavy atom. The number of pyridine rings is 2. The molecule has 0 saturated heterocycles. The lowest BCUT2D eigenvalue weighted by Gasteiger charge is -2.12. The molecule has 1 amide bonds. The third-order valence-corrected chi connectivity index (χ3v) is 4.27. The largest absolute Gasteiger partial charge is 0.437 e. The van der Waals surface area contributed by atoms with Crippen LogP contribution in [0, 0.1) is 5.92 Å². The Balaban J connectivity index is 1.80. The van der Waals surface area contributed by atoms with Gasteiger partial charge >= 0.3 is 0 Å². The van der Waals surface area contributed by atoms with E-state index < -0.39 is 5.91 Å². The summed E-state index contributed by atoms with van der Waals surface area (Å²) < 4.78 is 5.89. The van der Waals surface area contributed by atoms with Crippen LogP contribution in [0.2, 0.25) is 0 Å². The predicted molar refractivity (Wildman–Crippen MR) is 106 cm³/mol. The number of hydrogen-bond donors (Lipinski definition) is 2. The van der Waals surface area contributed by atoms with Gasteiger partial charge in [0.2, 0.25) is 11.8 Å². The molecule has 0 unspecified atom stereocenters. The van der Waals surface area contributed by atoms with Crippen LogP contribution in [0.3, 0.4) is 0 Å². The molecule has 0 aliphatic carbocycles. The number of primary amides is 1. The van der Waals surface area contributed by atoms with Crippen molar-refractivity contribution in [3.05, 3.63) is 60.0 Å². The number of carbonyl (C=O) groups is 1. The van der Waals surface area contributed by atoms with Gasteiger partial charge in [-0.25, -0.2) is 4.98 Å². The molecule has 3 rings (SSSR count). The van der Waals surface area contributed by atoms with E-state index in [4.69, 9.17) is 10.5 Å². The number of ether oxygens (including phenoxy) is 1. The Morgan fingerprint density at radius 1 is 1.11 bits per heavy atom. The van der Waals surface area contributed by atoms with Crippen molar-refractivity contribution in [2.45, 2.75) is 26.8 Å². The molecule has 0 radical (unpaired) electrons. The summed E-state index contributed by atoms with van der Waals surface area (Å²) in [5, 5.41) is 5.46. The van der Waals surface area contributed by atoms with Gasteiger partial charge in [0.05, 0.1) is 17.5 Å². The van der Waals surface area contributed by atoms with Gasteiger partial charge in [-0.3, -0.25) is 9.78 Å². The van der Waals surface area contributed by atoms with E-state index in [1.807, 2.05) is 24.3 Å². The number of nitrogens with one attached hydrogen (secondary N) is 1. The Morgan fingerprint density at radius 2 is 1.89 bits per heavy atom. The van der Waals surface area contributed by atoms with Gasteiger partial charge in [-0.15, -0.1) is 0 Å². The molecular weight excluding hydrogens is 340 g/mol. The normalized spacial score (nSPS) is 11.1. The van der Waals surface area contributed by atoms with Gasteiger partial charge in [-0.2, -0.15) is 0 Å². The maximum Gasteiger partial charge on any atom is 0.250 e. The summed E-state index contributed by atoms with van der Waals surface area (Å²) >= 11 is 0. The van der Waals surface area contributed by atoms with Crippen LogP contribution < -0.4 is 15.8 Å². The zero-order valence-corrected chi connectivity index (χ0v) is 15.6. The van der Waals surface area contributed by atoms with E-state index in [0.717, 1.165) is 29.4 Å². The highest BCUT2D eigenvalue weighted by Crippen LogP contribution is 2.30. The van der Waals surface area contributed by atoms with Crippen molar-refractivity contribution in [1.82, 2.24) is 15.3 Å². The van der Waals surface area contributed by atoms with E-state index in [9.17, 15) is 4.79 Å². The van der Waals surface area contributed by atoms with Gasteiger partial charge in [-0.05, 0) is 24.9 Å². The second kappa shape index (κ2) is 8.60. The zero-order chi connectivity index (χ0) is 19.2. The minimum atomic E-state index is -0.518. The summed E-state index contributed by atoms with van der Waals surface area (Å²) in [5.41, 5.74) is 6.56. The third kappa shape index (κ3) is 4.80. The number of rotatable bonds is 8. The first-order chi connectivity index (χ1) is 13.0. The summed E-state index contributed by atoms with van der Waals surface area (Å²) in [5.74, 6) is 1.16. The molecular formula is C21H24N4O2. The smallest absolute Gasteiger partial charge is 0.250 e. The topological polar surface area (TPSA) is 90.1 Å².